The fourth-order valence-electron chi connectivity index (χ4n) is 3.35. The average Bonchev–Trinajstić information content (AvgIpc) is 3.07. The molecule has 29 heavy (non-hydrogen) atoms. The number of aromatic nitrogens is 3. The van der Waals surface area contributed by atoms with Gasteiger partial charge in [0.05, 0.1) is 25.1 Å². The zero-order valence-electron chi connectivity index (χ0n) is 16.8. The Morgan fingerprint density at radius 1 is 1.07 bits per heavy atom. The summed E-state index contributed by atoms with van der Waals surface area (Å²) in [5.74, 6) is 1.26. The lowest BCUT2D eigenvalue weighted by molar-refractivity contribution is 0.102. The number of ether oxygens (including phenoxy) is 2. The molecule has 0 saturated heterocycles. The van der Waals surface area contributed by atoms with Crippen molar-refractivity contribution < 1.29 is 14.3 Å². The first-order valence-electron chi connectivity index (χ1n) is 9.35. The summed E-state index contributed by atoms with van der Waals surface area (Å²) in [4.78, 5) is 17.6. The minimum absolute atomic E-state index is 0.280. The van der Waals surface area contributed by atoms with E-state index in [1.165, 1.54) is 7.11 Å². The molecule has 1 N–H and O–H groups in total. The van der Waals surface area contributed by atoms with E-state index in [-0.39, 0.29) is 5.91 Å². The molecule has 4 rings (SSSR count). The summed E-state index contributed by atoms with van der Waals surface area (Å²) in [6.45, 7) is 4.68. The second-order valence-electron chi connectivity index (χ2n) is 6.74. The monoisotopic (exact) mass is 390 g/mol. The van der Waals surface area contributed by atoms with Gasteiger partial charge in [-0.3, -0.25) is 4.79 Å². The largest absolute Gasteiger partial charge is 0.493 e. The van der Waals surface area contributed by atoms with E-state index in [9.17, 15) is 4.79 Å². The first-order chi connectivity index (χ1) is 14.0. The third kappa shape index (κ3) is 3.35. The van der Waals surface area contributed by atoms with Crippen LogP contribution in [-0.4, -0.2) is 34.9 Å². The highest BCUT2D eigenvalue weighted by molar-refractivity contribution is 6.09. The predicted octanol–water partition coefficient (Wildman–Crippen LogP) is 4.18. The van der Waals surface area contributed by atoms with Crippen LogP contribution in [0.25, 0.3) is 21.9 Å². The molecule has 2 aromatic carbocycles. The number of carbonyl (C=O) groups is 1. The molecular formula is C22H22N4O3. The van der Waals surface area contributed by atoms with Crippen LogP contribution >= 0.6 is 0 Å². The lowest BCUT2D eigenvalue weighted by Crippen LogP contribution is -2.13. The molecule has 0 saturated carbocycles. The minimum Gasteiger partial charge on any atom is -0.493 e. The molecule has 0 bridgehead atoms. The van der Waals surface area contributed by atoms with Gasteiger partial charge < -0.3 is 14.8 Å². The molecule has 7 heteroatoms. The normalized spacial score (nSPS) is 11.0. The number of hydrogen-bond acceptors (Lipinski definition) is 5. The highest BCUT2D eigenvalue weighted by Crippen LogP contribution is 2.29. The number of carbonyl (C=O) groups excluding carboxylic acids is 1. The number of rotatable bonds is 5. The minimum atomic E-state index is -0.280. The van der Waals surface area contributed by atoms with Crippen LogP contribution in [0, 0.1) is 6.92 Å². The van der Waals surface area contributed by atoms with Crippen LogP contribution in [0.1, 0.15) is 22.8 Å². The van der Waals surface area contributed by atoms with E-state index >= 15 is 0 Å². The lowest BCUT2D eigenvalue weighted by Gasteiger charge is -2.09. The van der Waals surface area contributed by atoms with Gasteiger partial charge in [-0.25, -0.2) is 9.67 Å². The summed E-state index contributed by atoms with van der Waals surface area (Å²) < 4.78 is 12.3. The highest BCUT2D eigenvalue weighted by atomic mass is 16.5. The van der Waals surface area contributed by atoms with Gasteiger partial charge in [0.2, 0.25) is 0 Å². The fraction of sp³-hybridized carbons (Fsp3) is 0.227. The van der Waals surface area contributed by atoms with Crippen LogP contribution in [0.4, 0.5) is 5.82 Å². The van der Waals surface area contributed by atoms with Crippen LogP contribution < -0.4 is 14.8 Å². The summed E-state index contributed by atoms with van der Waals surface area (Å²) in [5, 5.41) is 9.29. The van der Waals surface area contributed by atoms with Crippen LogP contribution in [0.5, 0.6) is 11.5 Å². The quantitative estimate of drug-likeness (QED) is 0.553. The summed E-state index contributed by atoms with van der Waals surface area (Å²) in [6, 6.07) is 13.2. The number of benzene rings is 2. The Kier molecular flexibility index (Phi) is 4.80. The third-order valence-corrected chi connectivity index (χ3v) is 4.85. The number of nitrogens with zero attached hydrogens (tertiary/aromatic N) is 3. The molecule has 0 aliphatic carbocycles. The maximum absolute atomic E-state index is 12.9. The number of anilines is 1. The van der Waals surface area contributed by atoms with Crippen molar-refractivity contribution in [2.75, 3.05) is 19.5 Å². The average molecular weight is 390 g/mol. The maximum atomic E-state index is 12.9. The third-order valence-electron chi connectivity index (χ3n) is 4.85. The molecule has 7 nitrogen and oxygen atoms in total. The Hall–Kier alpha value is -3.61. The lowest BCUT2D eigenvalue weighted by atomic mass is 10.1. The number of hydrogen-bond donors (Lipinski definition) is 1. The van der Waals surface area contributed by atoms with Gasteiger partial charge in [-0.05, 0) is 50.2 Å². The molecule has 0 fully saturated rings. The maximum Gasteiger partial charge on any atom is 0.257 e. The van der Waals surface area contributed by atoms with Crippen molar-refractivity contribution in [3.63, 3.8) is 0 Å². The molecule has 148 valence electrons. The van der Waals surface area contributed by atoms with Crippen molar-refractivity contribution in [1.29, 1.82) is 0 Å². The smallest absolute Gasteiger partial charge is 0.257 e. The van der Waals surface area contributed by atoms with E-state index in [2.05, 4.69) is 16.5 Å². The van der Waals surface area contributed by atoms with E-state index in [0.717, 1.165) is 27.5 Å². The van der Waals surface area contributed by atoms with Gasteiger partial charge in [-0.2, -0.15) is 5.10 Å². The number of aryl methyl sites for hydroxylation is 2. The molecule has 0 spiro atoms. The summed E-state index contributed by atoms with van der Waals surface area (Å²) in [5.41, 5.74) is 3.24. The zero-order chi connectivity index (χ0) is 20.5. The highest BCUT2D eigenvalue weighted by Gasteiger charge is 2.17. The molecule has 0 unspecified atom stereocenters. The SMILES string of the molecule is CCn1nc(NC(=O)c2ccc(OC)c(OC)c2)c2cc3cc(C)ccc3nc21. The molecule has 2 aromatic heterocycles. The standard InChI is InChI=1S/C22H22N4O3/c1-5-26-21-16(11-15-10-13(2)6-8-17(15)23-21)20(25-26)24-22(27)14-7-9-18(28-3)19(12-14)29-4/h6-12H,5H2,1-4H3,(H,24,25,27). The van der Waals surface area contributed by atoms with Crippen molar-refractivity contribution in [2.24, 2.45) is 0 Å². The summed E-state index contributed by atoms with van der Waals surface area (Å²) in [6.07, 6.45) is 0. The molecule has 1 amide bonds. The number of nitrogens with one attached hydrogen (secondary N) is 1. The fourth-order valence-corrected chi connectivity index (χ4v) is 3.35. The van der Waals surface area contributed by atoms with Crippen molar-refractivity contribution in [3.8, 4) is 11.5 Å². The van der Waals surface area contributed by atoms with Gasteiger partial charge in [0.1, 0.15) is 0 Å². The Bertz CT molecular complexity index is 1230. The molecule has 4 aromatic rings. The number of fused-ring (bicyclic) bond motifs is 2. The Morgan fingerprint density at radius 2 is 1.86 bits per heavy atom. The van der Waals surface area contributed by atoms with Crippen molar-refractivity contribution in [3.05, 3.63) is 53.6 Å². The van der Waals surface area contributed by atoms with Gasteiger partial charge in [0.15, 0.2) is 23.0 Å². The number of pyridine rings is 1. The van der Waals surface area contributed by atoms with E-state index < -0.39 is 0 Å². The number of amides is 1. The van der Waals surface area contributed by atoms with E-state index in [1.54, 1.807) is 30.0 Å². The summed E-state index contributed by atoms with van der Waals surface area (Å²) >= 11 is 0. The topological polar surface area (TPSA) is 78.3 Å². The molecule has 0 atom stereocenters. The molecule has 0 radical (unpaired) electrons. The van der Waals surface area contributed by atoms with Crippen molar-refractivity contribution in [1.82, 2.24) is 14.8 Å². The number of methoxy groups -OCH3 is 2. The molecular weight excluding hydrogens is 368 g/mol. The Labute approximate surface area is 168 Å². The van der Waals surface area contributed by atoms with E-state index in [0.29, 0.717) is 29.4 Å². The first-order valence-corrected chi connectivity index (χ1v) is 9.35. The molecule has 0 aliphatic rings. The van der Waals surface area contributed by atoms with Crippen molar-refractivity contribution in [2.45, 2.75) is 20.4 Å². The second kappa shape index (κ2) is 7.43. The van der Waals surface area contributed by atoms with Crippen molar-refractivity contribution >= 4 is 33.7 Å². The van der Waals surface area contributed by atoms with Gasteiger partial charge >= 0.3 is 0 Å². The van der Waals surface area contributed by atoms with Crippen LogP contribution in [0.3, 0.4) is 0 Å². The zero-order valence-corrected chi connectivity index (χ0v) is 16.8. The van der Waals surface area contributed by atoms with Gasteiger partial charge in [0.25, 0.3) is 5.91 Å². The first kappa shape index (κ1) is 18.7. The van der Waals surface area contributed by atoms with Crippen LogP contribution in [-0.2, 0) is 6.54 Å². The van der Waals surface area contributed by atoms with E-state index in [4.69, 9.17) is 14.5 Å². The van der Waals surface area contributed by atoms with Gasteiger partial charge in [0, 0.05) is 17.5 Å². The molecule has 2 heterocycles. The molecule has 0 aliphatic heterocycles. The summed E-state index contributed by atoms with van der Waals surface area (Å²) in [7, 11) is 3.09. The van der Waals surface area contributed by atoms with Crippen LogP contribution in [0.2, 0.25) is 0 Å². The predicted molar refractivity (Wildman–Crippen MR) is 113 cm³/mol. The van der Waals surface area contributed by atoms with Crippen LogP contribution in [0.15, 0.2) is 42.5 Å². The second-order valence-corrected chi connectivity index (χ2v) is 6.74. The van der Waals surface area contributed by atoms with Gasteiger partial charge in [-0.15, -0.1) is 0 Å². The Balaban J connectivity index is 1.76. The van der Waals surface area contributed by atoms with E-state index in [1.807, 2.05) is 32.0 Å². The Morgan fingerprint density at radius 3 is 2.59 bits per heavy atom. The van der Waals surface area contributed by atoms with Gasteiger partial charge in [-0.1, -0.05) is 11.6 Å².